The number of nitrogens with zero attached hydrogens (tertiary/aromatic N) is 1. The molecule has 4 aromatic rings. The minimum atomic E-state index is -3.44. The molecule has 8 heteroatoms. The number of halogens is 1. The van der Waals surface area contributed by atoms with E-state index in [1.54, 1.807) is 36.5 Å². The van der Waals surface area contributed by atoms with Gasteiger partial charge in [0.15, 0.2) is 9.84 Å². The second-order valence-corrected chi connectivity index (χ2v) is 9.44. The Labute approximate surface area is 184 Å². The number of anilines is 1. The predicted molar refractivity (Wildman–Crippen MR) is 122 cm³/mol. The van der Waals surface area contributed by atoms with E-state index in [0.29, 0.717) is 27.4 Å². The van der Waals surface area contributed by atoms with Crippen LogP contribution < -0.4 is 5.32 Å². The van der Waals surface area contributed by atoms with Crippen molar-refractivity contribution in [1.82, 2.24) is 10.2 Å². The molecule has 4 rings (SSSR count). The summed E-state index contributed by atoms with van der Waals surface area (Å²) in [5, 5.41) is 10.3. The smallest absolute Gasteiger partial charge is 0.256 e. The van der Waals surface area contributed by atoms with Gasteiger partial charge in [-0.25, -0.2) is 8.42 Å². The lowest BCUT2D eigenvalue weighted by atomic mass is 9.99. The van der Waals surface area contributed by atoms with Crippen LogP contribution in [0.5, 0.6) is 0 Å². The van der Waals surface area contributed by atoms with Crippen LogP contribution in [-0.2, 0) is 9.84 Å². The predicted octanol–water partition coefficient (Wildman–Crippen LogP) is 5.05. The van der Waals surface area contributed by atoms with E-state index < -0.39 is 9.84 Å². The zero-order valence-electron chi connectivity index (χ0n) is 16.5. The van der Waals surface area contributed by atoms with Crippen LogP contribution in [0, 0.1) is 0 Å². The van der Waals surface area contributed by atoms with Crippen LogP contribution >= 0.6 is 11.6 Å². The van der Waals surface area contributed by atoms with Gasteiger partial charge >= 0.3 is 0 Å². The minimum absolute atomic E-state index is 0.134. The van der Waals surface area contributed by atoms with Crippen molar-refractivity contribution < 1.29 is 13.2 Å². The molecule has 0 aliphatic rings. The molecule has 2 N–H and O–H groups in total. The van der Waals surface area contributed by atoms with E-state index in [1.165, 1.54) is 18.2 Å². The molecule has 31 heavy (non-hydrogen) atoms. The molecular formula is C23H18ClN3O3S. The number of rotatable bonds is 5. The van der Waals surface area contributed by atoms with Crippen LogP contribution in [0.1, 0.15) is 10.4 Å². The average Bonchev–Trinajstić information content (AvgIpc) is 3.28. The molecule has 0 fully saturated rings. The number of carbonyl (C=O) groups excluding carboxylic acids is 1. The van der Waals surface area contributed by atoms with Gasteiger partial charge in [-0.2, -0.15) is 5.10 Å². The number of sulfone groups is 1. The summed E-state index contributed by atoms with van der Waals surface area (Å²) < 4.78 is 24.1. The third-order valence-electron chi connectivity index (χ3n) is 4.75. The van der Waals surface area contributed by atoms with Gasteiger partial charge in [0.05, 0.1) is 10.6 Å². The Morgan fingerprint density at radius 3 is 2.42 bits per heavy atom. The number of aromatic nitrogens is 2. The molecule has 0 aliphatic carbocycles. The van der Waals surface area contributed by atoms with Gasteiger partial charge in [0.2, 0.25) is 0 Å². The Morgan fingerprint density at radius 2 is 1.74 bits per heavy atom. The van der Waals surface area contributed by atoms with Crippen molar-refractivity contribution in [3.05, 3.63) is 89.6 Å². The topological polar surface area (TPSA) is 91.9 Å². The van der Waals surface area contributed by atoms with Crippen molar-refractivity contribution in [3.8, 4) is 22.4 Å². The third-order valence-corrected chi connectivity index (χ3v) is 6.11. The maximum atomic E-state index is 13.1. The minimum Gasteiger partial charge on any atom is -0.322 e. The van der Waals surface area contributed by atoms with Crippen LogP contribution in [0.25, 0.3) is 22.4 Å². The second-order valence-electron chi connectivity index (χ2n) is 6.99. The Hall–Kier alpha value is -3.42. The Kier molecular flexibility index (Phi) is 5.63. The summed E-state index contributed by atoms with van der Waals surface area (Å²) >= 11 is 5.99. The normalized spacial score (nSPS) is 11.3. The maximum Gasteiger partial charge on any atom is 0.256 e. The number of benzene rings is 3. The molecule has 1 amide bonds. The fourth-order valence-corrected chi connectivity index (χ4v) is 3.97. The van der Waals surface area contributed by atoms with Gasteiger partial charge < -0.3 is 5.32 Å². The zero-order valence-corrected chi connectivity index (χ0v) is 18.0. The van der Waals surface area contributed by atoms with E-state index in [0.717, 1.165) is 17.5 Å². The first-order valence-electron chi connectivity index (χ1n) is 9.32. The highest BCUT2D eigenvalue weighted by atomic mass is 35.5. The molecule has 0 spiro atoms. The number of nitrogens with one attached hydrogen (secondary N) is 2. The first-order chi connectivity index (χ1) is 14.8. The molecule has 0 unspecified atom stereocenters. The van der Waals surface area contributed by atoms with E-state index in [4.69, 9.17) is 11.6 Å². The molecule has 0 saturated carbocycles. The van der Waals surface area contributed by atoms with Crippen LogP contribution in [0.4, 0.5) is 5.69 Å². The maximum absolute atomic E-state index is 13.1. The standard InChI is InChI=1S/C23H18ClN3O3S/c1-31(29,30)19-9-10-20(21(14-19)15-5-7-17(24)8-6-15)23(28)26-18-4-2-3-16(13-18)22-11-12-25-27-22/h2-14H,1H3,(H,25,27)(H,26,28). The summed E-state index contributed by atoms with van der Waals surface area (Å²) in [4.78, 5) is 13.3. The Morgan fingerprint density at radius 1 is 0.968 bits per heavy atom. The highest BCUT2D eigenvalue weighted by molar-refractivity contribution is 7.90. The SMILES string of the molecule is CS(=O)(=O)c1ccc(C(=O)Nc2cccc(-c3ccn[nH]3)c2)c(-c2ccc(Cl)cc2)c1. The van der Waals surface area contributed by atoms with Crippen molar-refractivity contribution in [2.45, 2.75) is 4.90 Å². The van der Waals surface area contributed by atoms with E-state index in [2.05, 4.69) is 15.5 Å². The van der Waals surface area contributed by atoms with E-state index in [1.807, 2.05) is 24.3 Å². The van der Waals surface area contributed by atoms with Crippen LogP contribution in [0.15, 0.2) is 83.9 Å². The largest absolute Gasteiger partial charge is 0.322 e. The summed E-state index contributed by atoms with van der Waals surface area (Å²) in [7, 11) is -3.44. The van der Waals surface area contributed by atoms with Gasteiger partial charge in [0.1, 0.15) is 0 Å². The first-order valence-corrected chi connectivity index (χ1v) is 11.6. The molecule has 0 radical (unpaired) electrons. The monoisotopic (exact) mass is 451 g/mol. The lowest BCUT2D eigenvalue weighted by Gasteiger charge is -2.13. The fraction of sp³-hybridized carbons (Fsp3) is 0.0435. The van der Waals surface area contributed by atoms with Gasteiger partial charge in [-0.3, -0.25) is 9.89 Å². The van der Waals surface area contributed by atoms with Gasteiger partial charge in [0.25, 0.3) is 5.91 Å². The third kappa shape index (κ3) is 4.68. The average molecular weight is 452 g/mol. The van der Waals surface area contributed by atoms with Crippen molar-refractivity contribution >= 4 is 33.0 Å². The number of aromatic amines is 1. The van der Waals surface area contributed by atoms with Gasteiger partial charge in [-0.05, 0) is 59.7 Å². The zero-order chi connectivity index (χ0) is 22.0. The quantitative estimate of drug-likeness (QED) is 0.444. The molecule has 1 aromatic heterocycles. The summed E-state index contributed by atoms with van der Waals surface area (Å²) in [5.41, 5.74) is 3.84. The summed E-state index contributed by atoms with van der Waals surface area (Å²) in [6, 6.07) is 20.5. The number of amides is 1. The van der Waals surface area contributed by atoms with Gasteiger partial charge in [-0.1, -0.05) is 35.9 Å². The van der Waals surface area contributed by atoms with E-state index in [-0.39, 0.29) is 10.8 Å². The van der Waals surface area contributed by atoms with Crippen molar-refractivity contribution in [3.63, 3.8) is 0 Å². The molecule has 0 atom stereocenters. The number of H-pyrrole nitrogens is 1. The van der Waals surface area contributed by atoms with E-state index in [9.17, 15) is 13.2 Å². The second kappa shape index (κ2) is 8.37. The van der Waals surface area contributed by atoms with Gasteiger partial charge in [-0.15, -0.1) is 0 Å². The van der Waals surface area contributed by atoms with Crippen LogP contribution in [-0.4, -0.2) is 30.8 Å². The fourth-order valence-electron chi connectivity index (χ4n) is 3.20. The van der Waals surface area contributed by atoms with Crippen LogP contribution in [0.2, 0.25) is 5.02 Å². The Balaban J connectivity index is 1.72. The van der Waals surface area contributed by atoms with Crippen LogP contribution in [0.3, 0.4) is 0 Å². The lowest BCUT2D eigenvalue weighted by molar-refractivity contribution is 0.102. The molecule has 156 valence electrons. The highest BCUT2D eigenvalue weighted by Gasteiger charge is 2.17. The number of hydrogen-bond acceptors (Lipinski definition) is 4. The number of hydrogen-bond donors (Lipinski definition) is 2. The highest BCUT2D eigenvalue weighted by Crippen LogP contribution is 2.29. The summed E-state index contributed by atoms with van der Waals surface area (Å²) in [5.74, 6) is -0.355. The summed E-state index contributed by atoms with van der Waals surface area (Å²) in [6.07, 6.45) is 2.79. The molecule has 1 heterocycles. The Bertz CT molecular complexity index is 1350. The molecule has 6 nitrogen and oxygen atoms in total. The number of carbonyl (C=O) groups is 1. The molecule has 0 bridgehead atoms. The van der Waals surface area contributed by atoms with Crippen molar-refractivity contribution in [1.29, 1.82) is 0 Å². The summed E-state index contributed by atoms with van der Waals surface area (Å²) in [6.45, 7) is 0. The van der Waals surface area contributed by atoms with Crippen molar-refractivity contribution in [2.24, 2.45) is 0 Å². The van der Waals surface area contributed by atoms with Crippen molar-refractivity contribution in [2.75, 3.05) is 11.6 Å². The van der Waals surface area contributed by atoms with E-state index >= 15 is 0 Å². The molecule has 0 aliphatic heterocycles. The van der Waals surface area contributed by atoms with Gasteiger partial charge in [0, 0.05) is 34.3 Å². The lowest BCUT2D eigenvalue weighted by Crippen LogP contribution is -2.14. The molecular weight excluding hydrogens is 434 g/mol. The molecule has 3 aromatic carbocycles. The first kappa shape index (κ1) is 20.8. The molecule has 0 saturated heterocycles.